The van der Waals surface area contributed by atoms with E-state index in [1.807, 2.05) is 6.07 Å². The van der Waals surface area contributed by atoms with E-state index in [9.17, 15) is 4.79 Å². The number of fused-ring (bicyclic) bond motifs is 2. The van der Waals surface area contributed by atoms with Crippen molar-refractivity contribution in [1.29, 1.82) is 0 Å². The van der Waals surface area contributed by atoms with Crippen molar-refractivity contribution in [2.45, 2.75) is 37.5 Å². The number of piperidine rings is 1. The number of thioether (sulfide) groups is 1. The lowest BCUT2D eigenvalue weighted by molar-refractivity contribution is -0.115. The van der Waals surface area contributed by atoms with Crippen molar-refractivity contribution in [2.75, 3.05) is 38.2 Å². The van der Waals surface area contributed by atoms with E-state index >= 15 is 0 Å². The highest BCUT2D eigenvalue weighted by Crippen LogP contribution is 2.47. The Kier molecular flexibility index (Phi) is 5.42. The zero-order chi connectivity index (χ0) is 18.0. The minimum absolute atomic E-state index is 0. The predicted molar refractivity (Wildman–Crippen MR) is 113 cm³/mol. The highest BCUT2D eigenvalue weighted by molar-refractivity contribution is 7.99. The summed E-state index contributed by atoms with van der Waals surface area (Å²) >= 11 is 2.12. The van der Waals surface area contributed by atoms with Crippen LogP contribution >= 0.6 is 11.8 Å². The summed E-state index contributed by atoms with van der Waals surface area (Å²) in [4.78, 5) is 15.0. The largest absolute Gasteiger partial charge is 0.355 e. The molecule has 1 amide bonds. The summed E-state index contributed by atoms with van der Waals surface area (Å²) in [7, 11) is 1.73. The third kappa shape index (κ3) is 3.46. The molecule has 2 aliphatic heterocycles. The fourth-order valence-electron chi connectivity index (χ4n) is 4.90. The van der Waals surface area contributed by atoms with Gasteiger partial charge in [-0.05, 0) is 80.3 Å². The van der Waals surface area contributed by atoms with Crippen LogP contribution in [0, 0.1) is 5.92 Å². The van der Waals surface area contributed by atoms with Crippen molar-refractivity contribution in [3.63, 3.8) is 0 Å². The molecule has 1 spiro atoms. The first-order valence-corrected chi connectivity index (χ1v) is 11.2. The fourth-order valence-corrected chi connectivity index (χ4v) is 6.10. The second kappa shape index (κ2) is 7.77. The van der Waals surface area contributed by atoms with E-state index in [2.05, 4.69) is 46.3 Å². The molecule has 2 saturated heterocycles. The van der Waals surface area contributed by atoms with Crippen molar-refractivity contribution >= 4 is 23.2 Å². The minimum atomic E-state index is 0. The number of hydrogen-bond donors (Lipinski definition) is 1. The lowest BCUT2D eigenvalue weighted by Gasteiger charge is -2.39. The Hall–Kier alpha value is -1.26. The maximum atomic E-state index is 12.4. The number of allylic oxidation sites excluding steroid dienone is 1. The van der Waals surface area contributed by atoms with Crippen molar-refractivity contribution in [1.82, 2.24) is 10.2 Å². The van der Waals surface area contributed by atoms with Gasteiger partial charge in [0.2, 0.25) is 0 Å². The molecule has 1 aromatic carbocycles. The molecule has 4 rings (SSSR count). The van der Waals surface area contributed by atoms with Gasteiger partial charge in [-0.2, -0.15) is 11.8 Å². The Morgan fingerprint density at radius 3 is 2.73 bits per heavy atom. The standard InChI is InChI=1S/C22H30N2OS.H2/c1-23-21(25)19-16-22(20-5-3-2-4-18(19)20)9-12-24(13-10-22)11-6-17-7-14-26-15-8-17;/h2-5,16-17H,6-15H2,1H3,(H,23,25);1H. The number of carbonyl (C=O) groups excluding carboxylic acids is 1. The second-order valence-electron chi connectivity index (χ2n) is 8.02. The van der Waals surface area contributed by atoms with E-state index < -0.39 is 0 Å². The van der Waals surface area contributed by atoms with E-state index in [1.54, 1.807) is 7.05 Å². The Morgan fingerprint density at radius 1 is 1.27 bits per heavy atom. The number of nitrogens with zero attached hydrogens (tertiary/aromatic N) is 1. The van der Waals surface area contributed by atoms with Gasteiger partial charge in [0.05, 0.1) is 0 Å². The van der Waals surface area contributed by atoms with Gasteiger partial charge in [-0.25, -0.2) is 0 Å². The van der Waals surface area contributed by atoms with E-state index in [0.717, 1.165) is 43.0 Å². The molecule has 2 heterocycles. The van der Waals surface area contributed by atoms with Gasteiger partial charge in [-0.15, -0.1) is 0 Å². The zero-order valence-electron chi connectivity index (χ0n) is 15.8. The highest BCUT2D eigenvalue weighted by atomic mass is 32.2. The molecule has 0 aromatic heterocycles. The first-order valence-electron chi connectivity index (χ1n) is 10.1. The van der Waals surface area contributed by atoms with Crippen LogP contribution in [-0.4, -0.2) is 49.0 Å². The van der Waals surface area contributed by atoms with Crippen LogP contribution in [0.25, 0.3) is 5.57 Å². The number of hydrogen-bond acceptors (Lipinski definition) is 3. The van der Waals surface area contributed by atoms with Crippen LogP contribution in [0.2, 0.25) is 0 Å². The molecule has 3 nitrogen and oxygen atoms in total. The number of nitrogens with one attached hydrogen (secondary N) is 1. The zero-order valence-corrected chi connectivity index (χ0v) is 16.6. The lowest BCUT2D eigenvalue weighted by Crippen LogP contribution is -2.41. The van der Waals surface area contributed by atoms with E-state index in [1.165, 1.54) is 42.9 Å². The van der Waals surface area contributed by atoms with Crippen LogP contribution in [0.5, 0.6) is 0 Å². The maximum Gasteiger partial charge on any atom is 0.251 e. The first-order chi connectivity index (χ1) is 12.7. The molecule has 0 radical (unpaired) electrons. The van der Waals surface area contributed by atoms with Gasteiger partial charge >= 0.3 is 0 Å². The van der Waals surface area contributed by atoms with Gasteiger partial charge in [-0.3, -0.25) is 4.79 Å². The molecule has 0 saturated carbocycles. The van der Waals surface area contributed by atoms with E-state index in [0.29, 0.717) is 0 Å². The highest BCUT2D eigenvalue weighted by Gasteiger charge is 2.41. The van der Waals surface area contributed by atoms with Crippen molar-refractivity contribution in [3.8, 4) is 0 Å². The molecule has 3 aliphatic rings. The SMILES string of the molecule is CNC(=O)C1=CC2(CCN(CCC3CCSCC3)CC2)c2ccccc21.[HH]. The molecular formula is C22H32N2OS. The molecule has 142 valence electrons. The van der Waals surface area contributed by atoms with Gasteiger partial charge < -0.3 is 10.2 Å². The summed E-state index contributed by atoms with van der Waals surface area (Å²) in [5, 5.41) is 2.82. The number of likely N-dealkylation sites (tertiary alicyclic amines) is 1. The molecule has 2 fully saturated rings. The maximum absolute atomic E-state index is 12.4. The van der Waals surface area contributed by atoms with E-state index in [-0.39, 0.29) is 12.7 Å². The summed E-state index contributed by atoms with van der Waals surface area (Å²) in [6.45, 7) is 3.54. The summed E-state index contributed by atoms with van der Waals surface area (Å²) < 4.78 is 0. The van der Waals surface area contributed by atoms with Gasteiger partial charge in [0.25, 0.3) is 5.91 Å². The van der Waals surface area contributed by atoms with Crippen LogP contribution in [0.1, 0.15) is 44.7 Å². The van der Waals surface area contributed by atoms with Gasteiger partial charge in [-0.1, -0.05) is 30.3 Å². The monoisotopic (exact) mass is 372 g/mol. The minimum Gasteiger partial charge on any atom is -0.355 e. The van der Waals surface area contributed by atoms with Gasteiger partial charge in [0.15, 0.2) is 0 Å². The third-order valence-electron chi connectivity index (χ3n) is 6.59. The van der Waals surface area contributed by atoms with Crippen LogP contribution < -0.4 is 5.32 Å². The molecule has 0 unspecified atom stereocenters. The van der Waals surface area contributed by atoms with Crippen LogP contribution in [0.15, 0.2) is 30.3 Å². The number of carbonyl (C=O) groups is 1. The molecule has 0 atom stereocenters. The summed E-state index contributed by atoms with van der Waals surface area (Å²) in [6.07, 6.45) is 8.72. The third-order valence-corrected chi connectivity index (χ3v) is 7.64. The Balaban J connectivity index is 0.00000210. The Bertz CT molecular complexity index is 691. The first kappa shape index (κ1) is 18.1. The Labute approximate surface area is 163 Å². The number of likely N-dealkylation sites (N-methyl/N-ethyl adjacent to an activating group) is 1. The number of benzene rings is 1. The van der Waals surface area contributed by atoms with Crippen LogP contribution in [0.4, 0.5) is 0 Å². The number of amides is 1. The molecule has 1 N–H and O–H groups in total. The normalized spacial score (nSPS) is 22.9. The fraction of sp³-hybridized carbons (Fsp3) is 0.591. The van der Waals surface area contributed by atoms with E-state index in [4.69, 9.17) is 0 Å². The lowest BCUT2D eigenvalue weighted by atomic mass is 9.74. The molecule has 1 aliphatic carbocycles. The molecule has 0 bridgehead atoms. The molecule has 1 aromatic rings. The summed E-state index contributed by atoms with van der Waals surface area (Å²) in [6, 6.07) is 8.51. The van der Waals surface area contributed by atoms with Crippen molar-refractivity contribution in [3.05, 3.63) is 41.5 Å². The summed E-state index contributed by atoms with van der Waals surface area (Å²) in [5.74, 6) is 3.71. The predicted octanol–water partition coefficient (Wildman–Crippen LogP) is 3.94. The Morgan fingerprint density at radius 2 is 2.00 bits per heavy atom. The van der Waals surface area contributed by atoms with Crippen LogP contribution in [0.3, 0.4) is 0 Å². The van der Waals surface area contributed by atoms with Crippen molar-refractivity contribution < 1.29 is 6.22 Å². The number of rotatable bonds is 4. The topological polar surface area (TPSA) is 32.3 Å². The second-order valence-corrected chi connectivity index (χ2v) is 9.25. The van der Waals surface area contributed by atoms with Gasteiger partial charge in [0, 0.05) is 19.5 Å². The smallest absolute Gasteiger partial charge is 0.251 e. The van der Waals surface area contributed by atoms with Crippen LogP contribution in [-0.2, 0) is 10.2 Å². The average Bonchev–Trinajstić information content (AvgIpc) is 3.02. The van der Waals surface area contributed by atoms with Crippen molar-refractivity contribution in [2.24, 2.45) is 5.92 Å². The quantitative estimate of drug-likeness (QED) is 0.869. The van der Waals surface area contributed by atoms with Gasteiger partial charge in [0.1, 0.15) is 0 Å². The summed E-state index contributed by atoms with van der Waals surface area (Å²) in [5.41, 5.74) is 3.44. The molecule has 26 heavy (non-hydrogen) atoms. The molecule has 4 heteroatoms. The molecular weight excluding hydrogens is 340 g/mol. The average molecular weight is 373 g/mol.